The van der Waals surface area contributed by atoms with Crippen LogP contribution >= 0.6 is 0 Å². The quantitative estimate of drug-likeness (QED) is 0.810. The zero-order chi connectivity index (χ0) is 13.1. The van der Waals surface area contributed by atoms with Crippen molar-refractivity contribution in [3.8, 4) is 11.6 Å². The van der Waals surface area contributed by atoms with Gasteiger partial charge in [0.25, 0.3) is 5.56 Å². The van der Waals surface area contributed by atoms with Gasteiger partial charge in [0.15, 0.2) is 5.75 Å². The minimum atomic E-state index is -0.233. The van der Waals surface area contributed by atoms with Crippen molar-refractivity contribution in [2.45, 2.75) is 20.3 Å². The van der Waals surface area contributed by atoms with Crippen molar-refractivity contribution in [1.82, 2.24) is 9.97 Å². The fourth-order valence-corrected chi connectivity index (χ4v) is 1.55. The van der Waals surface area contributed by atoms with E-state index in [1.165, 1.54) is 6.07 Å². The maximum absolute atomic E-state index is 11.4. The average molecular weight is 245 g/mol. The number of hydrogen-bond acceptors (Lipinski definition) is 4. The highest BCUT2D eigenvalue weighted by atomic mass is 16.5. The molecule has 2 aromatic rings. The third kappa shape index (κ3) is 2.68. The molecule has 2 rings (SSSR count). The molecule has 5 nitrogen and oxygen atoms in total. The third-order valence-electron chi connectivity index (χ3n) is 2.49. The highest BCUT2D eigenvalue weighted by molar-refractivity contribution is 5.54. The van der Waals surface area contributed by atoms with Crippen molar-refractivity contribution in [2.75, 3.05) is 5.73 Å². The summed E-state index contributed by atoms with van der Waals surface area (Å²) in [6.45, 7) is 3.85. The van der Waals surface area contributed by atoms with Crippen LogP contribution in [-0.2, 0) is 6.42 Å². The number of aromatic amines is 1. The summed E-state index contributed by atoms with van der Waals surface area (Å²) < 4.78 is 5.56. The minimum Gasteiger partial charge on any atom is -0.437 e. The van der Waals surface area contributed by atoms with Crippen molar-refractivity contribution >= 4 is 5.69 Å². The van der Waals surface area contributed by atoms with Gasteiger partial charge in [-0.25, -0.2) is 0 Å². The van der Waals surface area contributed by atoms with Crippen LogP contribution in [0.4, 0.5) is 5.69 Å². The van der Waals surface area contributed by atoms with Gasteiger partial charge in [0.1, 0.15) is 5.82 Å². The van der Waals surface area contributed by atoms with E-state index in [2.05, 4.69) is 9.97 Å². The monoisotopic (exact) mass is 245 g/mol. The molecule has 0 saturated carbocycles. The summed E-state index contributed by atoms with van der Waals surface area (Å²) in [5.41, 5.74) is 7.12. The SMILES string of the molecule is CCc1nc(Oc2cc(C)ccc2N)cc(=O)[nH]1. The summed E-state index contributed by atoms with van der Waals surface area (Å²) in [5, 5.41) is 0. The maximum Gasteiger partial charge on any atom is 0.254 e. The molecule has 0 spiro atoms. The van der Waals surface area contributed by atoms with Gasteiger partial charge in [0, 0.05) is 6.42 Å². The van der Waals surface area contributed by atoms with Crippen LogP contribution in [0, 0.1) is 6.92 Å². The molecule has 0 radical (unpaired) electrons. The molecule has 0 fully saturated rings. The van der Waals surface area contributed by atoms with Crippen LogP contribution in [0.25, 0.3) is 0 Å². The number of nitrogens with one attached hydrogen (secondary N) is 1. The van der Waals surface area contributed by atoms with Crippen LogP contribution in [0.5, 0.6) is 11.6 Å². The van der Waals surface area contributed by atoms with Gasteiger partial charge in [-0.2, -0.15) is 4.98 Å². The van der Waals surface area contributed by atoms with E-state index in [0.29, 0.717) is 23.7 Å². The highest BCUT2D eigenvalue weighted by Crippen LogP contribution is 2.26. The first-order chi connectivity index (χ1) is 8.58. The zero-order valence-electron chi connectivity index (χ0n) is 10.4. The number of aryl methyl sites for hydroxylation is 2. The minimum absolute atomic E-state index is 0.233. The van der Waals surface area contributed by atoms with Crippen LogP contribution < -0.4 is 16.0 Å². The van der Waals surface area contributed by atoms with E-state index in [1.54, 1.807) is 6.07 Å². The Morgan fingerprint density at radius 2 is 2.17 bits per heavy atom. The van der Waals surface area contributed by atoms with Crippen LogP contribution in [0.3, 0.4) is 0 Å². The van der Waals surface area contributed by atoms with Crippen LogP contribution in [0.15, 0.2) is 29.1 Å². The van der Waals surface area contributed by atoms with E-state index in [1.807, 2.05) is 26.0 Å². The molecule has 0 aliphatic carbocycles. The normalized spacial score (nSPS) is 10.3. The van der Waals surface area contributed by atoms with Gasteiger partial charge in [-0.1, -0.05) is 13.0 Å². The van der Waals surface area contributed by atoms with Crippen molar-refractivity contribution < 1.29 is 4.74 Å². The molecule has 0 amide bonds. The molecule has 0 atom stereocenters. The van der Waals surface area contributed by atoms with Crippen molar-refractivity contribution in [2.24, 2.45) is 0 Å². The number of nitrogen functional groups attached to an aromatic ring is 1. The lowest BCUT2D eigenvalue weighted by molar-refractivity contribution is 0.459. The number of benzene rings is 1. The fraction of sp³-hybridized carbons (Fsp3) is 0.231. The molecule has 94 valence electrons. The van der Waals surface area contributed by atoms with Gasteiger partial charge in [-0.05, 0) is 24.6 Å². The van der Waals surface area contributed by atoms with E-state index in [0.717, 1.165) is 5.56 Å². The number of nitrogens with zero attached hydrogens (tertiary/aromatic N) is 1. The Bertz CT molecular complexity index is 620. The number of anilines is 1. The summed E-state index contributed by atoms with van der Waals surface area (Å²) in [6.07, 6.45) is 0.635. The number of nitrogens with two attached hydrogens (primary N) is 1. The zero-order valence-corrected chi connectivity index (χ0v) is 10.4. The molecule has 0 aliphatic rings. The van der Waals surface area contributed by atoms with Gasteiger partial charge in [-0.15, -0.1) is 0 Å². The van der Waals surface area contributed by atoms with Gasteiger partial charge in [-0.3, -0.25) is 4.79 Å². The third-order valence-corrected chi connectivity index (χ3v) is 2.49. The van der Waals surface area contributed by atoms with Crippen molar-refractivity contribution in [1.29, 1.82) is 0 Å². The van der Waals surface area contributed by atoms with Crippen molar-refractivity contribution in [3.63, 3.8) is 0 Å². The molecule has 0 aliphatic heterocycles. The molecule has 18 heavy (non-hydrogen) atoms. The summed E-state index contributed by atoms with van der Waals surface area (Å²) in [6, 6.07) is 6.77. The standard InChI is InChI=1S/C13H15N3O2/c1-3-11-15-12(17)7-13(16-11)18-10-6-8(2)4-5-9(10)14/h4-7H,3,14H2,1-2H3,(H,15,16,17). The summed E-state index contributed by atoms with van der Waals surface area (Å²) in [5.74, 6) is 1.35. The Hall–Kier alpha value is -2.30. The molecule has 1 aromatic heterocycles. The molecule has 5 heteroatoms. The summed E-state index contributed by atoms with van der Waals surface area (Å²) in [7, 11) is 0. The predicted molar refractivity (Wildman–Crippen MR) is 69.9 cm³/mol. The molecule has 1 aromatic carbocycles. The second-order valence-electron chi connectivity index (χ2n) is 4.03. The Kier molecular flexibility index (Phi) is 3.32. The largest absolute Gasteiger partial charge is 0.437 e. The predicted octanol–water partition coefficient (Wildman–Crippen LogP) is 2.02. The van der Waals surface area contributed by atoms with Crippen molar-refractivity contribution in [3.05, 3.63) is 46.0 Å². The number of hydrogen-bond donors (Lipinski definition) is 2. The molecular weight excluding hydrogens is 230 g/mol. The Morgan fingerprint density at radius 3 is 2.89 bits per heavy atom. The van der Waals surface area contributed by atoms with E-state index < -0.39 is 0 Å². The van der Waals surface area contributed by atoms with E-state index in [-0.39, 0.29) is 11.4 Å². The second-order valence-corrected chi connectivity index (χ2v) is 4.03. The molecule has 0 unspecified atom stereocenters. The second kappa shape index (κ2) is 4.91. The lowest BCUT2D eigenvalue weighted by Crippen LogP contribution is -2.10. The number of rotatable bonds is 3. The smallest absolute Gasteiger partial charge is 0.254 e. The van der Waals surface area contributed by atoms with Crippen LogP contribution in [-0.4, -0.2) is 9.97 Å². The van der Waals surface area contributed by atoms with Crippen LogP contribution in [0.1, 0.15) is 18.3 Å². The van der Waals surface area contributed by atoms with Gasteiger partial charge >= 0.3 is 0 Å². The lowest BCUT2D eigenvalue weighted by atomic mass is 10.2. The van der Waals surface area contributed by atoms with E-state index in [9.17, 15) is 4.79 Å². The van der Waals surface area contributed by atoms with Crippen LogP contribution in [0.2, 0.25) is 0 Å². The molecule has 0 saturated heterocycles. The first kappa shape index (κ1) is 12.2. The Labute approximate surface area is 105 Å². The maximum atomic E-state index is 11.4. The average Bonchev–Trinajstić information content (AvgIpc) is 2.33. The van der Waals surface area contributed by atoms with Gasteiger partial charge in [0.05, 0.1) is 11.8 Å². The Morgan fingerprint density at radius 1 is 1.39 bits per heavy atom. The molecule has 0 bridgehead atoms. The van der Waals surface area contributed by atoms with E-state index >= 15 is 0 Å². The van der Waals surface area contributed by atoms with Gasteiger partial charge in [0.2, 0.25) is 5.88 Å². The Balaban J connectivity index is 2.36. The molecular formula is C13H15N3O2. The number of aromatic nitrogens is 2. The topological polar surface area (TPSA) is 81.0 Å². The summed E-state index contributed by atoms with van der Waals surface area (Å²) >= 11 is 0. The fourth-order valence-electron chi connectivity index (χ4n) is 1.55. The van der Waals surface area contributed by atoms with Gasteiger partial charge < -0.3 is 15.5 Å². The molecule has 1 heterocycles. The molecule has 3 N–H and O–H groups in total. The first-order valence-corrected chi connectivity index (χ1v) is 5.72. The lowest BCUT2D eigenvalue weighted by Gasteiger charge is -2.08. The highest BCUT2D eigenvalue weighted by Gasteiger charge is 2.06. The first-order valence-electron chi connectivity index (χ1n) is 5.72. The number of ether oxygens (including phenoxy) is 1. The van der Waals surface area contributed by atoms with E-state index in [4.69, 9.17) is 10.5 Å². The summed E-state index contributed by atoms with van der Waals surface area (Å²) in [4.78, 5) is 18.2. The number of H-pyrrole nitrogens is 1.